The lowest BCUT2D eigenvalue weighted by Crippen LogP contribution is -2.34. The predicted octanol–water partition coefficient (Wildman–Crippen LogP) is 1.87. The Hall–Kier alpha value is -0.450. The standard InChI is InChI=1S/C11H21N3S/c1-8(9(2)12)5-14(4)6-11-7-15-10(3)13-11/h7-9H,5-6,12H2,1-4H3. The number of rotatable bonds is 5. The second-order valence-electron chi connectivity index (χ2n) is 4.39. The van der Waals surface area contributed by atoms with Crippen LogP contribution in [0.4, 0.5) is 0 Å². The minimum absolute atomic E-state index is 0.254. The fourth-order valence-electron chi connectivity index (χ4n) is 1.48. The molecule has 0 radical (unpaired) electrons. The van der Waals surface area contributed by atoms with Crippen LogP contribution in [0.5, 0.6) is 0 Å². The van der Waals surface area contributed by atoms with Crippen LogP contribution in [0, 0.1) is 12.8 Å². The van der Waals surface area contributed by atoms with Gasteiger partial charge >= 0.3 is 0 Å². The number of nitrogens with zero attached hydrogens (tertiary/aromatic N) is 2. The highest BCUT2D eigenvalue weighted by molar-refractivity contribution is 7.09. The van der Waals surface area contributed by atoms with Crippen LogP contribution >= 0.6 is 11.3 Å². The van der Waals surface area contributed by atoms with E-state index < -0.39 is 0 Å². The molecule has 0 saturated carbocycles. The van der Waals surface area contributed by atoms with Gasteiger partial charge in [-0.3, -0.25) is 0 Å². The van der Waals surface area contributed by atoms with Gasteiger partial charge in [-0.15, -0.1) is 11.3 Å². The molecule has 4 heteroatoms. The lowest BCUT2D eigenvalue weighted by atomic mass is 10.0. The van der Waals surface area contributed by atoms with Crippen LogP contribution in [0.3, 0.4) is 0 Å². The van der Waals surface area contributed by atoms with Crippen LogP contribution < -0.4 is 5.73 Å². The molecule has 2 atom stereocenters. The van der Waals surface area contributed by atoms with Crippen LogP contribution in [0.1, 0.15) is 24.5 Å². The Kier molecular flexibility index (Phi) is 4.70. The summed E-state index contributed by atoms with van der Waals surface area (Å²) in [6, 6.07) is 0.254. The summed E-state index contributed by atoms with van der Waals surface area (Å²) in [6.07, 6.45) is 0. The summed E-state index contributed by atoms with van der Waals surface area (Å²) in [5.41, 5.74) is 7.01. The quantitative estimate of drug-likeness (QED) is 0.835. The van der Waals surface area contributed by atoms with Gasteiger partial charge in [-0.25, -0.2) is 4.98 Å². The van der Waals surface area contributed by atoms with E-state index in [0.29, 0.717) is 5.92 Å². The molecule has 0 saturated heterocycles. The van der Waals surface area contributed by atoms with Gasteiger partial charge in [0, 0.05) is 24.5 Å². The molecule has 0 spiro atoms. The van der Waals surface area contributed by atoms with Crippen molar-refractivity contribution in [3.05, 3.63) is 16.1 Å². The minimum Gasteiger partial charge on any atom is -0.328 e. The van der Waals surface area contributed by atoms with E-state index in [1.807, 2.05) is 6.92 Å². The van der Waals surface area contributed by atoms with Crippen molar-refractivity contribution in [1.82, 2.24) is 9.88 Å². The van der Waals surface area contributed by atoms with Gasteiger partial charge in [0.15, 0.2) is 0 Å². The average Bonchev–Trinajstić information content (AvgIpc) is 2.50. The van der Waals surface area contributed by atoms with Gasteiger partial charge < -0.3 is 10.6 Å². The fourth-order valence-corrected chi connectivity index (χ4v) is 2.08. The Morgan fingerprint density at radius 1 is 1.53 bits per heavy atom. The highest BCUT2D eigenvalue weighted by Gasteiger charge is 2.11. The zero-order valence-corrected chi connectivity index (χ0v) is 10.8. The molecule has 2 N–H and O–H groups in total. The van der Waals surface area contributed by atoms with Gasteiger partial charge in [-0.1, -0.05) is 6.92 Å². The number of nitrogens with two attached hydrogens (primary N) is 1. The molecule has 0 amide bonds. The first kappa shape index (κ1) is 12.6. The highest BCUT2D eigenvalue weighted by Crippen LogP contribution is 2.11. The van der Waals surface area contributed by atoms with E-state index in [1.54, 1.807) is 11.3 Å². The summed E-state index contributed by atoms with van der Waals surface area (Å²) < 4.78 is 0. The zero-order chi connectivity index (χ0) is 11.4. The summed E-state index contributed by atoms with van der Waals surface area (Å²) in [4.78, 5) is 6.73. The Morgan fingerprint density at radius 3 is 2.67 bits per heavy atom. The van der Waals surface area contributed by atoms with Crippen LogP contribution in [0.2, 0.25) is 0 Å². The van der Waals surface area contributed by atoms with Crippen molar-refractivity contribution >= 4 is 11.3 Å². The van der Waals surface area contributed by atoms with E-state index in [4.69, 9.17) is 5.73 Å². The third kappa shape index (κ3) is 4.28. The van der Waals surface area contributed by atoms with Crippen molar-refractivity contribution in [2.75, 3.05) is 13.6 Å². The van der Waals surface area contributed by atoms with Gasteiger partial charge in [0.1, 0.15) is 0 Å². The maximum absolute atomic E-state index is 5.84. The topological polar surface area (TPSA) is 42.2 Å². The van der Waals surface area contributed by atoms with Crippen LogP contribution in [0.25, 0.3) is 0 Å². The smallest absolute Gasteiger partial charge is 0.0897 e. The molecule has 1 aromatic heterocycles. The van der Waals surface area contributed by atoms with E-state index in [-0.39, 0.29) is 6.04 Å². The van der Waals surface area contributed by atoms with Gasteiger partial charge in [-0.05, 0) is 26.8 Å². The molecule has 1 rings (SSSR count). The largest absolute Gasteiger partial charge is 0.328 e. The maximum Gasteiger partial charge on any atom is 0.0897 e. The summed E-state index contributed by atoms with van der Waals surface area (Å²) in [5, 5.41) is 3.26. The maximum atomic E-state index is 5.84. The van der Waals surface area contributed by atoms with Crippen molar-refractivity contribution in [3.8, 4) is 0 Å². The average molecular weight is 227 g/mol. The van der Waals surface area contributed by atoms with E-state index in [2.05, 4.69) is 36.2 Å². The molecule has 0 fully saturated rings. The molecule has 0 aliphatic carbocycles. The van der Waals surface area contributed by atoms with Crippen LogP contribution in [-0.2, 0) is 6.54 Å². The molecular formula is C11H21N3S. The molecule has 3 nitrogen and oxygen atoms in total. The van der Waals surface area contributed by atoms with Crippen molar-refractivity contribution < 1.29 is 0 Å². The van der Waals surface area contributed by atoms with Gasteiger partial charge in [-0.2, -0.15) is 0 Å². The molecule has 2 unspecified atom stereocenters. The summed E-state index contributed by atoms with van der Waals surface area (Å²) >= 11 is 1.71. The molecule has 0 bridgehead atoms. The second kappa shape index (κ2) is 5.58. The Morgan fingerprint density at radius 2 is 2.20 bits per heavy atom. The normalized spacial score (nSPS) is 15.6. The number of thiazole rings is 1. The van der Waals surface area contributed by atoms with E-state index in [9.17, 15) is 0 Å². The van der Waals surface area contributed by atoms with Crippen molar-refractivity contribution in [3.63, 3.8) is 0 Å². The predicted molar refractivity (Wildman–Crippen MR) is 66.0 cm³/mol. The summed E-state index contributed by atoms with van der Waals surface area (Å²) in [7, 11) is 2.12. The van der Waals surface area contributed by atoms with E-state index in [0.717, 1.165) is 23.8 Å². The molecule has 0 aliphatic rings. The lowest BCUT2D eigenvalue weighted by Gasteiger charge is -2.22. The highest BCUT2D eigenvalue weighted by atomic mass is 32.1. The van der Waals surface area contributed by atoms with E-state index >= 15 is 0 Å². The van der Waals surface area contributed by atoms with Crippen molar-refractivity contribution in [1.29, 1.82) is 0 Å². The Balaban J connectivity index is 2.39. The molecule has 0 aromatic carbocycles. The van der Waals surface area contributed by atoms with E-state index in [1.165, 1.54) is 0 Å². The number of aryl methyl sites for hydroxylation is 1. The zero-order valence-electron chi connectivity index (χ0n) is 10.0. The molecule has 0 aliphatic heterocycles. The first-order valence-corrected chi connectivity index (χ1v) is 6.22. The number of aromatic nitrogens is 1. The SMILES string of the molecule is Cc1nc(CN(C)CC(C)C(C)N)cs1. The van der Waals surface area contributed by atoms with Crippen molar-refractivity contribution in [2.45, 2.75) is 33.4 Å². The van der Waals surface area contributed by atoms with Crippen LogP contribution in [0.15, 0.2) is 5.38 Å². The summed E-state index contributed by atoms with van der Waals surface area (Å²) in [5.74, 6) is 0.523. The third-order valence-electron chi connectivity index (χ3n) is 2.60. The minimum atomic E-state index is 0.254. The Bertz CT molecular complexity index is 296. The first-order valence-electron chi connectivity index (χ1n) is 5.34. The lowest BCUT2D eigenvalue weighted by molar-refractivity contribution is 0.260. The fraction of sp³-hybridized carbons (Fsp3) is 0.727. The molecular weight excluding hydrogens is 206 g/mol. The van der Waals surface area contributed by atoms with Gasteiger partial charge in [0.05, 0.1) is 10.7 Å². The number of hydrogen-bond acceptors (Lipinski definition) is 4. The monoisotopic (exact) mass is 227 g/mol. The first-order chi connectivity index (χ1) is 6.99. The molecule has 15 heavy (non-hydrogen) atoms. The molecule has 86 valence electrons. The van der Waals surface area contributed by atoms with Gasteiger partial charge in [0.25, 0.3) is 0 Å². The van der Waals surface area contributed by atoms with Crippen LogP contribution in [-0.4, -0.2) is 29.5 Å². The third-order valence-corrected chi connectivity index (χ3v) is 3.42. The molecule has 1 aromatic rings. The number of hydrogen-bond donors (Lipinski definition) is 1. The molecule has 1 heterocycles. The Labute approximate surface area is 96.3 Å². The van der Waals surface area contributed by atoms with Gasteiger partial charge in [0.2, 0.25) is 0 Å². The summed E-state index contributed by atoms with van der Waals surface area (Å²) in [6.45, 7) is 8.23. The second-order valence-corrected chi connectivity index (χ2v) is 5.45. The van der Waals surface area contributed by atoms with Crippen molar-refractivity contribution in [2.24, 2.45) is 11.7 Å².